The Morgan fingerprint density at radius 1 is 1.35 bits per heavy atom. The first-order valence-electron chi connectivity index (χ1n) is 7.49. The van der Waals surface area contributed by atoms with Crippen molar-refractivity contribution in [3.8, 4) is 5.69 Å². The van der Waals surface area contributed by atoms with E-state index in [4.69, 9.17) is 4.42 Å². The highest BCUT2D eigenvalue weighted by Gasteiger charge is 2.22. The molecule has 26 heavy (non-hydrogen) atoms. The van der Waals surface area contributed by atoms with Gasteiger partial charge in [-0.3, -0.25) is 4.31 Å². The molecular formula is C16H16N4O5S. The van der Waals surface area contributed by atoms with Gasteiger partial charge in [-0.05, 0) is 24.3 Å². The van der Waals surface area contributed by atoms with Crippen LogP contribution >= 0.6 is 0 Å². The SMILES string of the molecule is COC(=O)c1coc(CN(c2cccc(-n3cccn3)c2)S(C)(=O)=O)n1. The number of ether oxygens (including phenoxy) is 1. The van der Waals surface area contributed by atoms with Gasteiger partial charge in [0.1, 0.15) is 12.8 Å². The zero-order valence-corrected chi connectivity index (χ0v) is 14.9. The molecule has 0 atom stereocenters. The third kappa shape index (κ3) is 3.75. The highest BCUT2D eigenvalue weighted by molar-refractivity contribution is 7.92. The van der Waals surface area contributed by atoms with Crippen LogP contribution in [0.4, 0.5) is 5.69 Å². The quantitative estimate of drug-likeness (QED) is 0.602. The Labute approximate surface area is 149 Å². The molecule has 3 rings (SSSR count). The summed E-state index contributed by atoms with van der Waals surface area (Å²) < 4.78 is 37.1. The molecule has 0 saturated heterocycles. The van der Waals surface area contributed by atoms with Crippen molar-refractivity contribution in [2.75, 3.05) is 17.7 Å². The van der Waals surface area contributed by atoms with E-state index in [-0.39, 0.29) is 18.1 Å². The number of sulfonamides is 1. The van der Waals surface area contributed by atoms with Crippen LogP contribution in [0, 0.1) is 0 Å². The van der Waals surface area contributed by atoms with Gasteiger partial charge in [0.05, 0.1) is 24.7 Å². The molecule has 0 aliphatic carbocycles. The highest BCUT2D eigenvalue weighted by atomic mass is 32.2. The average molecular weight is 376 g/mol. The number of hydrogen-bond acceptors (Lipinski definition) is 7. The standard InChI is InChI=1S/C16H16N4O5S/c1-24-16(21)14-11-25-15(18-14)10-20(26(2,22)23)13-6-3-5-12(9-13)19-8-4-7-17-19/h3-9,11H,10H2,1-2H3. The maximum absolute atomic E-state index is 12.3. The van der Waals surface area contributed by atoms with Crippen molar-refractivity contribution in [1.29, 1.82) is 0 Å². The molecule has 0 unspecified atom stereocenters. The summed E-state index contributed by atoms with van der Waals surface area (Å²) in [6.45, 7) is -0.168. The van der Waals surface area contributed by atoms with Gasteiger partial charge in [-0.1, -0.05) is 6.07 Å². The van der Waals surface area contributed by atoms with Crippen LogP contribution in [0.15, 0.2) is 53.4 Å². The Balaban J connectivity index is 1.94. The summed E-state index contributed by atoms with van der Waals surface area (Å²) in [5.41, 5.74) is 1.09. The van der Waals surface area contributed by atoms with Gasteiger partial charge in [-0.15, -0.1) is 0 Å². The molecule has 0 radical (unpaired) electrons. The van der Waals surface area contributed by atoms with Gasteiger partial charge >= 0.3 is 5.97 Å². The lowest BCUT2D eigenvalue weighted by Gasteiger charge is -2.21. The van der Waals surface area contributed by atoms with Gasteiger partial charge in [-0.25, -0.2) is 22.9 Å². The van der Waals surface area contributed by atoms with Gasteiger partial charge in [-0.2, -0.15) is 5.10 Å². The smallest absolute Gasteiger partial charge is 0.360 e. The number of oxazole rings is 1. The third-order valence-electron chi connectivity index (χ3n) is 3.51. The number of methoxy groups -OCH3 is 1. The summed E-state index contributed by atoms with van der Waals surface area (Å²) in [6.07, 6.45) is 5.59. The van der Waals surface area contributed by atoms with Crippen molar-refractivity contribution in [3.63, 3.8) is 0 Å². The fourth-order valence-electron chi connectivity index (χ4n) is 2.32. The first-order chi connectivity index (χ1) is 12.4. The van der Waals surface area contributed by atoms with Crippen LogP contribution in [-0.2, 0) is 21.3 Å². The van der Waals surface area contributed by atoms with E-state index >= 15 is 0 Å². The minimum atomic E-state index is -3.63. The maximum atomic E-state index is 12.3. The van der Waals surface area contributed by atoms with Crippen LogP contribution in [0.1, 0.15) is 16.4 Å². The van der Waals surface area contributed by atoms with E-state index < -0.39 is 16.0 Å². The molecule has 0 N–H and O–H groups in total. The molecule has 0 spiro atoms. The Morgan fingerprint density at radius 3 is 2.81 bits per heavy atom. The van der Waals surface area contributed by atoms with Crippen LogP contribution in [0.3, 0.4) is 0 Å². The van der Waals surface area contributed by atoms with Crippen LogP contribution in [-0.4, -0.2) is 42.5 Å². The second-order valence-electron chi connectivity index (χ2n) is 5.36. The minimum Gasteiger partial charge on any atom is -0.464 e. The summed E-state index contributed by atoms with van der Waals surface area (Å²) >= 11 is 0. The Hall–Kier alpha value is -3.14. The van der Waals surface area contributed by atoms with Gasteiger partial charge < -0.3 is 9.15 Å². The highest BCUT2D eigenvalue weighted by Crippen LogP contribution is 2.23. The van der Waals surface area contributed by atoms with E-state index in [0.29, 0.717) is 11.4 Å². The van der Waals surface area contributed by atoms with Gasteiger partial charge in [0.2, 0.25) is 15.9 Å². The van der Waals surface area contributed by atoms with E-state index in [1.807, 2.05) is 0 Å². The molecule has 10 heteroatoms. The Bertz CT molecular complexity index is 1010. The molecule has 0 amide bonds. The Kier molecular flexibility index (Phi) is 4.76. The number of benzene rings is 1. The van der Waals surface area contributed by atoms with Gasteiger partial charge in [0.25, 0.3) is 0 Å². The predicted octanol–water partition coefficient (Wildman–Crippen LogP) is 1.61. The van der Waals surface area contributed by atoms with Crippen molar-refractivity contribution in [2.24, 2.45) is 0 Å². The van der Waals surface area contributed by atoms with Crippen molar-refractivity contribution >= 4 is 21.7 Å². The second kappa shape index (κ2) is 7.00. The summed E-state index contributed by atoms with van der Waals surface area (Å²) in [5.74, 6) is -0.591. The van der Waals surface area contributed by atoms with Gasteiger partial charge in [0, 0.05) is 12.4 Å². The molecule has 0 saturated carbocycles. The summed E-state index contributed by atoms with van der Waals surface area (Å²) in [4.78, 5) is 15.4. The number of carbonyl (C=O) groups excluding carboxylic acids is 1. The molecule has 2 aromatic heterocycles. The van der Waals surface area contributed by atoms with Crippen LogP contribution in [0.25, 0.3) is 5.69 Å². The topological polar surface area (TPSA) is 108 Å². The van der Waals surface area contributed by atoms with E-state index in [9.17, 15) is 13.2 Å². The number of rotatable bonds is 6. The van der Waals surface area contributed by atoms with E-state index in [1.54, 1.807) is 47.4 Å². The summed E-state index contributed by atoms with van der Waals surface area (Å²) in [7, 11) is -2.41. The normalized spacial score (nSPS) is 11.3. The largest absolute Gasteiger partial charge is 0.464 e. The summed E-state index contributed by atoms with van der Waals surface area (Å²) in [5, 5.41) is 4.13. The van der Waals surface area contributed by atoms with E-state index in [2.05, 4.69) is 14.8 Å². The number of hydrogen-bond donors (Lipinski definition) is 0. The van der Waals surface area contributed by atoms with Crippen LogP contribution < -0.4 is 4.31 Å². The van der Waals surface area contributed by atoms with Crippen molar-refractivity contribution in [1.82, 2.24) is 14.8 Å². The molecule has 136 valence electrons. The maximum Gasteiger partial charge on any atom is 0.360 e. The number of aromatic nitrogens is 3. The number of anilines is 1. The van der Waals surface area contributed by atoms with Gasteiger partial charge in [0.15, 0.2) is 5.69 Å². The van der Waals surface area contributed by atoms with E-state index in [1.165, 1.54) is 7.11 Å². The number of esters is 1. The number of carbonyl (C=O) groups is 1. The second-order valence-corrected chi connectivity index (χ2v) is 7.26. The van der Waals surface area contributed by atoms with Crippen molar-refractivity contribution in [3.05, 3.63) is 60.6 Å². The molecule has 0 fully saturated rings. The third-order valence-corrected chi connectivity index (χ3v) is 4.65. The first-order valence-corrected chi connectivity index (χ1v) is 9.34. The predicted molar refractivity (Wildman–Crippen MR) is 92.4 cm³/mol. The molecule has 0 bridgehead atoms. The minimum absolute atomic E-state index is 0.0266. The Morgan fingerprint density at radius 2 is 2.15 bits per heavy atom. The molecule has 0 aliphatic heterocycles. The lowest BCUT2D eigenvalue weighted by molar-refractivity contribution is 0.0594. The summed E-state index contributed by atoms with van der Waals surface area (Å²) in [6, 6.07) is 8.62. The monoisotopic (exact) mass is 376 g/mol. The molecule has 3 aromatic rings. The first kappa shape index (κ1) is 17.7. The molecule has 1 aromatic carbocycles. The fourth-order valence-corrected chi connectivity index (χ4v) is 3.16. The molecule has 2 heterocycles. The lowest BCUT2D eigenvalue weighted by atomic mass is 10.3. The van der Waals surface area contributed by atoms with E-state index in [0.717, 1.165) is 16.8 Å². The zero-order valence-electron chi connectivity index (χ0n) is 14.1. The van der Waals surface area contributed by atoms with Crippen molar-refractivity contribution < 1.29 is 22.4 Å². The van der Waals surface area contributed by atoms with Crippen LogP contribution in [0.2, 0.25) is 0 Å². The fraction of sp³-hybridized carbons (Fsp3) is 0.188. The number of nitrogens with zero attached hydrogens (tertiary/aromatic N) is 4. The zero-order chi connectivity index (χ0) is 18.7. The molecule has 0 aliphatic rings. The molecular weight excluding hydrogens is 360 g/mol. The molecule has 9 nitrogen and oxygen atoms in total. The lowest BCUT2D eigenvalue weighted by Crippen LogP contribution is -2.29. The van der Waals surface area contributed by atoms with Crippen LogP contribution in [0.5, 0.6) is 0 Å². The van der Waals surface area contributed by atoms with Crippen molar-refractivity contribution in [2.45, 2.75) is 6.54 Å². The average Bonchev–Trinajstić information content (AvgIpc) is 3.30.